The summed E-state index contributed by atoms with van der Waals surface area (Å²) in [7, 11) is -3.45. The molecule has 0 fully saturated rings. The highest BCUT2D eigenvalue weighted by atomic mass is 35.5. The van der Waals surface area contributed by atoms with Gasteiger partial charge in [0.1, 0.15) is 4.90 Å². The van der Waals surface area contributed by atoms with Crippen molar-refractivity contribution in [2.45, 2.75) is 24.8 Å². The van der Waals surface area contributed by atoms with Crippen molar-refractivity contribution in [1.82, 2.24) is 14.5 Å². The summed E-state index contributed by atoms with van der Waals surface area (Å²) in [5.74, 6) is 0. The van der Waals surface area contributed by atoms with Gasteiger partial charge in [-0.15, -0.1) is 12.4 Å². The highest BCUT2D eigenvalue weighted by Gasteiger charge is 2.15. The summed E-state index contributed by atoms with van der Waals surface area (Å²) in [4.78, 5) is 0.171. The van der Waals surface area contributed by atoms with Crippen LogP contribution in [0.3, 0.4) is 0 Å². The molecule has 8 heteroatoms. The minimum atomic E-state index is -3.45. The van der Waals surface area contributed by atoms with E-state index in [1.807, 2.05) is 13.8 Å². The Bertz CT molecular complexity index is 415. The number of hydrogen-bond acceptors (Lipinski definition) is 4. The fourth-order valence-electron chi connectivity index (χ4n) is 1.02. The molecule has 1 aromatic rings. The van der Waals surface area contributed by atoms with Gasteiger partial charge >= 0.3 is 0 Å². The first-order chi connectivity index (χ1) is 6.97. The zero-order valence-corrected chi connectivity index (χ0v) is 10.9. The molecule has 0 saturated carbocycles. The van der Waals surface area contributed by atoms with Crippen LogP contribution in [0, 0.1) is 0 Å². The van der Waals surface area contributed by atoms with Crippen LogP contribution in [-0.2, 0) is 10.0 Å². The Morgan fingerprint density at radius 3 is 2.62 bits per heavy atom. The van der Waals surface area contributed by atoms with E-state index in [0.717, 1.165) is 0 Å². The van der Waals surface area contributed by atoms with Gasteiger partial charge in [0, 0.05) is 25.3 Å². The van der Waals surface area contributed by atoms with Crippen molar-refractivity contribution in [2.24, 2.45) is 5.73 Å². The standard InChI is InChI=1S/C8H16N4O2S.ClH/c1-7(2)12-6-8(5-10-12)15(13,14)11-4-3-9;/h5-7,11H,3-4,9H2,1-2H3;1H. The van der Waals surface area contributed by atoms with E-state index < -0.39 is 10.0 Å². The monoisotopic (exact) mass is 268 g/mol. The Morgan fingerprint density at radius 2 is 2.19 bits per heavy atom. The van der Waals surface area contributed by atoms with Crippen LogP contribution in [0.5, 0.6) is 0 Å². The van der Waals surface area contributed by atoms with Gasteiger partial charge in [-0.1, -0.05) is 0 Å². The Hall–Kier alpha value is -0.630. The van der Waals surface area contributed by atoms with Crippen LogP contribution in [0.25, 0.3) is 0 Å². The zero-order valence-electron chi connectivity index (χ0n) is 9.25. The van der Waals surface area contributed by atoms with Gasteiger partial charge in [0.2, 0.25) is 10.0 Å². The van der Waals surface area contributed by atoms with Crippen LogP contribution < -0.4 is 10.5 Å². The summed E-state index contributed by atoms with van der Waals surface area (Å²) in [5, 5.41) is 3.96. The number of sulfonamides is 1. The average Bonchev–Trinajstić information content (AvgIpc) is 2.64. The number of halogens is 1. The maximum absolute atomic E-state index is 11.6. The Labute approximate surface area is 102 Å². The van der Waals surface area contributed by atoms with Crippen molar-refractivity contribution in [3.05, 3.63) is 12.4 Å². The fraction of sp³-hybridized carbons (Fsp3) is 0.625. The van der Waals surface area contributed by atoms with Gasteiger partial charge in [-0.2, -0.15) is 5.10 Å². The third-order valence-corrected chi connectivity index (χ3v) is 3.27. The molecule has 1 heterocycles. The van der Waals surface area contributed by atoms with Crippen LogP contribution >= 0.6 is 12.4 Å². The molecule has 1 rings (SSSR count). The molecule has 0 atom stereocenters. The van der Waals surface area contributed by atoms with E-state index in [1.54, 1.807) is 4.68 Å². The third kappa shape index (κ3) is 3.75. The van der Waals surface area contributed by atoms with Crippen LogP contribution in [-0.4, -0.2) is 31.3 Å². The Morgan fingerprint density at radius 1 is 1.56 bits per heavy atom. The van der Waals surface area contributed by atoms with Crippen molar-refractivity contribution in [3.63, 3.8) is 0 Å². The molecule has 94 valence electrons. The van der Waals surface area contributed by atoms with Gasteiger partial charge in [0.15, 0.2) is 0 Å². The maximum atomic E-state index is 11.6. The second kappa shape index (κ2) is 6.19. The number of rotatable bonds is 5. The average molecular weight is 269 g/mol. The van der Waals surface area contributed by atoms with Crippen molar-refractivity contribution < 1.29 is 8.42 Å². The topological polar surface area (TPSA) is 90.0 Å². The van der Waals surface area contributed by atoms with Crippen LogP contribution in [0.15, 0.2) is 17.3 Å². The quantitative estimate of drug-likeness (QED) is 0.794. The second-order valence-corrected chi connectivity index (χ2v) is 5.20. The van der Waals surface area contributed by atoms with E-state index in [1.165, 1.54) is 12.4 Å². The van der Waals surface area contributed by atoms with E-state index in [2.05, 4.69) is 9.82 Å². The van der Waals surface area contributed by atoms with E-state index in [9.17, 15) is 8.42 Å². The molecule has 0 amide bonds. The first kappa shape index (κ1) is 15.4. The van der Waals surface area contributed by atoms with Gasteiger partial charge in [-0.3, -0.25) is 4.68 Å². The second-order valence-electron chi connectivity index (χ2n) is 3.44. The largest absolute Gasteiger partial charge is 0.329 e. The summed E-state index contributed by atoms with van der Waals surface area (Å²) in [6, 6.07) is 0.142. The number of nitrogens with one attached hydrogen (secondary N) is 1. The lowest BCUT2D eigenvalue weighted by atomic mass is 10.4. The molecule has 0 aliphatic heterocycles. The first-order valence-electron chi connectivity index (χ1n) is 4.71. The number of aromatic nitrogens is 2. The van der Waals surface area contributed by atoms with E-state index in [-0.39, 0.29) is 36.4 Å². The Kier molecular flexibility index (Phi) is 5.95. The van der Waals surface area contributed by atoms with Crippen molar-refractivity contribution >= 4 is 22.4 Å². The van der Waals surface area contributed by atoms with E-state index >= 15 is 0 Å². The summed E-state index contributed by atoms with van der Waals surface area (Å²) < 4.78 is 27.2. The Balaban J connectivity index is 0.00000225. The third-order valence-electron chi connectivity index (χ3n) is 1.85. The molecule has 0 bridgehead atoms. The predicted octanol–water partition coefficient (Wildman–Crippen LogP) is 0.123. The molecular formula is C8H17ClN4O2S. The number of hydrogen-bond donors (Lipinski definition) is 2. The van der Waals surface area contributed by atoms with Gasteiger partial charge < -0.3 is 5.73 Å². The highest BCUT2D eigenvalue weighted by Crippen LogP contribution is 2.10. The van der Waals surface area contributed by atoms with Gasteiger partial charge in [-0.05, 0) is 13.8 Å². The molecule has 3 N–H and O–H groups in total. The van der Waals surface area contributed by atoms with Crippen LogP contribution in [0.1, 0.15) is 19.9 Å². The molecule has 0 saturated heterocycles. The summed E-state index contributed by atoms with van der Waals surface area (Å²) >= 11 is 0. The summed E-state index contributed by atoms with van der Waals surface area (Å²) in [5.41, 5.74) is 5.22. The molecular weight excluding hydrogens is 252 g/mol. The zero-order chi connectivity index (χ0) is 11.5. The lowest BCUT2D eigenvalue weighted by molar-refractivity contribution is 0.531. The lowest BCUT2D eigenvalue weighted by Gasteiger charge is -2.04. The predicted molar refractivity (Wildman–Crippen MR) is 64.1 cm³/mol. The van der Waals surface area contributed by atoms with Crippen molar-refractivity contribution in [1.29, 1.82) is 0 Å². The smallest absolute Gasteiger partial charge is 0.243 e. The minimum Gasteiger partial charge on any atom is -0.329 e. The van der Waals surface area contributed by atoms with Crippen molar-refractivity contribution in [3.8, 4) is 0 Å². The van der Waals surface area contributed by atoms with Gasteiger partial charge in [-0.25, -0.2) is 13.1 Å². The number of nitrogens with two attached hydrogens (primary N) is 1. The first-order valence-corrected chi connectivity index (χ1v) is 6.19. The van der Waals surface area contributed by atoms with Crippen LogP contribution in [0.2, 0.25) is 0 Å². The van der Waals surface area contributed by atoms with Crippen molar-refractivity contribution in [2.75, 3.05) is 13.1 Å². The SMILES string of the molecule is CC(C)n1cc(S(=O)(=O)NCCN)cn1.Cl. The summed E-state index contributed by atoms with van der Waals surface area (Å²) in [6.07, 6.45) is 2.84. The molecule has 16 heavy (non-hydrogen) atoms. The van der Waals surface area contributed by atoms with E-state index in [4.69, 9.17) is 5.73 Å². The summed E-state index contributed by atoms with van der Waals surface area (Å²) in [6.45, 7) is 4.36. The molecule has 0 aromatic carbocycles. The van der Waals surface area contributed by atoms with Crippen LogP contribution in [0.4, 0.5) is 0 Å². The molecule has 6 nitrogen and oxygen atoms in total. The van der Waals surface area contributed by atoms with Gasteiger partial charge in [0.25, 0.3) is 0 Å². The number of nitrogens with zero attached hydrogens (tertiary/aromatic N) is 2. The minimum absolute atomic E-state index is 0. The molecule has 0 aliphatic rings. The molecule has 0 aliphatic carbocycles. The highest BCUT2D eigenvalue weighted by molar-refractivity contribution is 7.89. The molecule has 1 aromatic heterocycles. The molecule has 0 radical (unpaired) electrons. The van der Waals surface area contributed by atoms with E-state index in [0.29, 0.717) is 0 Å². The molecule has 0 spiro atoms. The fourth-order valence-corrected chi connectivity index (χ4v) is 2.00. The maximum Gasteiger partial charge on any atom is 0.243 e. The lowest BCUT2D eigenvalue weighted by Crippen LogP contribution is -2.28. The van der Waals surface area contributed by atoms with Gasteiger partial charge in [0.05, 0.1) is 6.20 Å². The normalized spacial score (nSPS) is 11.5. The molecule has 0 unspecified atom stereocenters.